The first-order chi connectivity index (χ1) is 6.50. The number of amides is 1. The van der Waals surface area contributed by atoms with Crippen LogP contribution < -0.4 is 5.73 Å². The van der Waals surface area contributed by atoms with E-state index in [1.807, 2.05) is 0 Å². The zero-order chi connectivity index (χ0) is 10.7. The van der Waals surface area contributed by atoms with Gasteiger partial charge in [0.2, 0.25) is 5.91 Å². The van der Waals surface area contributed by atoms with Gasteiger partial charge in [-0.3, -0.25) is 4.79 Å². The van der Waals surface area contributed by atoms with Gasteiger partial charge in [0.25, 0.3) is 0 Å². The maximum atomic E-state index is 13.3. The van der Waals surface area contributed by atoms with Gasteiger partial charge in [0, 0.05) is 20.6 Å². The summed E-state index contributed by atoms with van der Waals surface area (Å²) in [5, 5.41) is 0. The average Bonchev–Trinajstić information content (AvgIpc) is 2.01. The van der Waals surface area contributed by atoms with E-state index in [1.165, 1.54) is 12.1 Å². The summed E-state index contributed by atoms with van der Waals surface area (Å²) in [4.78, 5) is 10.5. The van der Waals surface area contributed by atoms with E-state index in [0.717, 1.165) is 6.08 Å². The van der Waals surface area contributed by atoms with Gasteiger partial charge in [0.1, 0.15) is 5.82 Å². The minimum atomic E-state index is -0.612. The molecule has 0 aromatic heterocycles. The van der Waals surface area contributed by atoms with E-state index in [2.05, 4.69) is 31.9 Å². The van der Waals surface area contributed by atoms with Gasteiger partial charge in [-0.05, 0) is 18.2 Å². The van der Waals surface area contributed by atoms with Crippen molar-refractivity contribution in [3.05, 3.63) is 38.5 Å². The Morgan fingerprint density at radius 2 is 2.07 bits per heavy atom. The van der Waals surface area contributed by atoms with Gasteiger partial charge in [0.15, 0.2) is 0 Å². The third-order valence-corrected chi connectivity index (χ3v) is 2.57. The van der Waals surface area contributed by atoms with Crippen LogP contribution in [0.25, 0.3) is 6.08 Å². The van der Waals surface area contributed by atoms with E-state index in [-0.39, 0.29) is 0 Å². The summed E-state index contributed by atoms with van der Waals surface area (Å²) in [7, 11) is 0. The van der Waals surface area contributed by atoms with Crippen LogP contribution in [0.3, 0.4) is 0 Å². The topological polar surface area (TPSA) is 43.1 Å². The fraction of sp³-hybridized carbons (Fsp3) is 0. The Morgan fingerprint density at radius 1 is 1.43 bits per heavy atom. The van der Waals surface area contributed by atoms with E-state index in [0.29, 0.717) is 14.5 Å². The Balaban J connectivity index is 3.15. The van der Waals surface area contributed by atoms with Crippen molar-refractivity contribution in [3.8, 4) is 0 Å². The molecule has 1 amide bonds. The summed E-state index contributed by atoms with van der Waals surface area (Å²) in [6.45, 7) is 0. The van der Waals surface area contributed by atoms with Crippen LogP contribution in [0, 0.1) is 5.82 Å². The largest absolute Gasteiger partial charge is 0.366 e. The highest BCUT2D eigenvalue weighted by Crippen LogP contribution is 2.26. The van der Waals surface area contributed by atoms with Gasteiger partial charge in [0.05, 0.1) is 0 Å². The lowest BCUT2D eigenvalue weighted by Crippen LogP contribution is -2.05. The van der Waals surface area contributed by atoms with Crippen LogP contribution in [0.15, 0.2) is 27.2 Å². The predicted molar refractivity (Wildman–Crippen MR) is 60.0 cm³/mol. The van der Waals surface area contributed by atoms with Crippen molar-refractivity contribution in [2.24, 2.45) is 5.73 Å². The molecule has 0 aliphatic rings. The second-order valence-corrected chi connectivity index (χ2v) is 4.29. The number of benzene rings is 1. The molecule has 0 radical (unpaired) electrons. The highest BCUT2D eigenvalue weighted by atomic mass is 79.9. The van der Waals surface area contributed by atoms with Gasteiger partial charge in [-0.15, -0.1) is 0 Å². The summed E-state index contributed by atoms with van der Waals surface area (Å²) < 4.78 is 14.5. The van der Waals surface area contributed by atoms with E-state index in [9.17, 15) is 9.18 Å². The molecule has 14 heavy (non-hydrogen) atoms. The molecule has 0 aliphatic carbocycles. The molecule has 1 aromatic carbocycles. The minimum Gasteiger partial charge on any atom is -0.366 e. The number of halogens is 3. The van der Waals surface area contributed by atoms with Crippen LogP contribution in [0.4, 0.5) is 4.39 Å². The van der Waals surface area contributed by atoms with Crippen molar-refractivity contribution < 1.29 is 9.18 Å². The first kappa shape index (κ1) is 11.4. The van der Waals surface area contributed by atoms with Crippen molar-refractivity contribution in [2.45, 2.75) is 0 Å². The molecule has 2 N–H and O–H groups in total. The highest BCUT2D eigenvalue weighted by molar-refractivity contribution is 9.11. The lowest BCUT2D eigenvalue weighted by atomic mass is 10.2. The standard InChI is InChI=1S/C9H6Br2FNO/c10-5-3-7(11)6(8(12)4-5)1-2-9(13)14/h1-4H,(H2,13,14). The Labute approximate surface area is 97.2 Å². The Kier molecular flexibility index (Phi) is 3.83. The zero-order valence-electron chi connectivity index (χ0n) is 6.93. The number of carbonyl (C=O) groups is 1. The molecule has 2 nitrogen and oxygen atoms in total. The molecule has 0 saturated carbocycles. The maximum absolute atomic E-state index is 13.3. The molecule has 0 bridgehead atoms. The van der Waals surface area contributed by atoms with Gasteiger partial charge in [-0.25, -0.2) is 4.39 Å². The molecular formula is C9H6Br2FNO. The van der Waals surface area contributed by atoms with Crippen LogP contribution in [0.5, 0.6) is 0 Å². The number of rotatable bonds is 2. The minimum absolute atomic E-state index is 0.298. The zero-order valence-corrected chi connectivity index (χ0v) is 10.1. The lowest BCUT2D eigenvalue weighted by Gasteiger charge is -2.01. The number of hydrogen-bond donors (Lipinski definition) is 1. The normalized spacial score (nSPS) is 10.8. The van der Waals surface area contributed by atoms with Crippen molar-refractivity contribution >= 4 is 43.8 Å². The second kappa shape index (κ2) is 4.70. The molecule has 1 aromatic rings. The third kappa shape index (κ3) is 2.92. The Hall–Kier alpha value is -0.680. The van der Waals surface area contributed by atoms with Gasteiger partial charge in [-0.1, -0.05) is 31.9 Å². The van der Waals surface area contributed by atoms with E-state index >= 15 is 0 Å². The van der Waals surface area contributed by atoms with Crippen LogP contribution in [0.2, 0.25) is 0 Å². The van der Waals surface area contributed by atoms with Crippen molar-refractivity contribution in [1.82, 2.24) is 0 Å². The van der Waals surface area contributed by atoms with Crippen molar-refractivity contribution in [1.29, 1.82) is 0 Å². The summed E-state index contributed by atoms with van der Waals surface area (Å²) in [6, 6.07) is 3.00. The number of primary amides is 1. The van der Waals surface area contributed by atoms with Crippen LogP contribution in [0.1, 0.15) is 5.56 Å². The molecule has 5 heteroatoms. The van der Waals surface area contributed by atoms with E-state index < -0.39 is 11.7 Å². The molecule has 0 saturated heterocycles. The molecule has 0 aliphatic heterocycles. The highest BCUT2D eigenvalue weighted by Gasteiger charge is 2.05. The summed E-state index contributed by atoms with van der Waals surface area (Å²) >= 11 is 6.32. The second-order valence-electron chi connectivity index (χ2n) is 2.52. The number of carbonyl (C=O) groups excluding carboxylic acids is 1. The molecule has 0 spiro atoms. The van der Waals surface area contributed by atoms with Crippen molar-refractivity contribution in [2.75, 3.05) is 0 Å². The monoisotopic (exact) mass is 321 g/mol. The smallest absolute Gasteiger partial charge is 0.241 e. The summed E-state index contributed by atoms with van der Waals surface area (Å²) in [6.07, 6.45) is 2.44. The SMILES string of the molecule is NC(=O)C=Cc1c(F)cc(Br)cc1Br. The van der Waals surface area contributed by atoms with E-state index in [1.54, 1.807) is 6.07 Å². The molecule has 0 heterocycles. The van der Waals surface area contributed by atoms with Crippen LogP contribution in [-0.2, 0) is 4.79 Å². The van der Waals surface area contributed by atoms with Crippen LogP contribution in [-0.4, -0.2) is 5.91 Å². The Morgan fingerprint density at radius 3 is 2.57 bits per heavy atom. The van der Waals surface area contributed by atoms with Gasteiger partial charge in [-0.2, -0.15) is 0 Å². The quantitative estimate of drug-likeness (QED) is 0.836. The average molecular weight is 323 g/mol. The number of nitrogens with two attached hydrogens (primary N) is 1. The van der Waals surface area contributed by atoms with Crippen LogP contribution >= 0.6 is 31.9 Å². The lowest BCUT2D eigenvalue weighted by molar-refractivity contribution is -0.113. The van der Waals surface area contributed by atoms with Crippen molar-refractivity contribution in [3.63, 3.8) is 0 Å². The van der Waals surface area contributed by atoms with Gasteiger partial charge >= 0.3 is 0 Å². The molecule has 0 atom stereocenters. The predicted octanol–water partition coefficient (Wildman–Crippen LogP) is 2.85. The fourth-order valence-electron chi connectivity index (χ4n) is 0.878. The first-order valence-corrected chi connectivity index (χ1v) is 5.21. The Bertz CT molecular complexity index is 381. The van der Waals surface area contributed by atoms with E-state index in [4.69, 9.17) is 5.73 Å². The molecular weight excluding hydrogens is 317 g/mol. The molecule has 0 fully saturated rings. The summed E-state index contributed by atoms with van der Waals surface area (Å²) in [5.74, 6) is -1.04. The fourth-order valence-corrected chi connectivity index (χ4v) is 2.18. The van der Waals surface area contributed by atoms with Gasteiger partial charge < -0.3 is 5.73 Å². The molecule has 1 rings (SSSR count). The molecule has 0 unspecified atom stereocenters. The first-order valence-electron chi connectivity index (χ1n) is 3.63. The number of hydrogen-bond acceptors (Lipinski definition) is 1. The third-order valence-electron chi connectivity index (χ3n) is 1.46. The maximum Gasteiger partial charge on any atom is 0.241 e. The molecule has 74 valence electrons. The summed E-state index contributed by atoms with van der Waals surface area (Å²) in [5.41, 5.74) is 5.20.